The summed E-state index contributed by atoms with van der Waals surface area (Å²) in [7, 11) is 0. The van der Waals surface area contributed by atoms with E-state index in [1.165, 1.54) is 0 Å². The van der Waals surface area contributed by atoms with Crippen LogP contribution < -0.4 is 21.9 Å². The highest BCUT2D eigenvalue weighted by molar-refractivity contribution is 6.30. The molecule has 1 atom stereocenters. The number of furan rings is 1. The molecule has 0 spiro atoms. The lowest BCUT2D eigenvalue weighted by Crippen LogP contribution is -2.44. The minimum Gasteiger partial charge on any atom is -0.466 e. The number of carbonyl (C=O) groups excluding carboxylic acids is 3. The lowest BCUT2D eigenvalue weighted by atomic mass is 10.0. The van der Waals surface area contributed by atoms with Gasteiger partial charge in [0.1, 0.15) is 11.5 Å². The summed E-state index contributed by atoms with van der Waals surface area (Å²) < 4.78 is 5.27. The molecule has 0 aliphatic rings. The van der Waals surface area contributed by atoms with E-state index in [9.17, 15) is 14.4 Å². The SMILES string of the molecule is Cc1cc(C(=O)NNC(=O)C[C@@H](NC(N)=O)c2ccc(Cl)cc2)c(C)o1. The Morgan fingerprint density at radius 2 is 1.81 bits per heavy atom. The first kappa shape index (κ1) is 19.3. The molecule has 0 bridgehead atoms. The number of aryl methyl sites for hydroxylation is 2. The van der Waals surface area contributed by atoms with Crippen molar-refractivity contribution in [2.75, 3.05) is 0 Å². The number of nitrogens with two attached hydrogens (primary N) is 1. The third-order valence-corrected chi connectivity index (χ3v) is 3.83. The van der Waals surface area contributed by atoms with Crippen molar-refractivity contribution < 1.29 is 18.8 Å². The largest absolute Gasteiger partial charge is 0.466 e. The van der Waals surface area contributed by atoms with Gasteiger partial charge in [-0.2, -0.15) is 0 Å². The summed E-state index contributed by atoms with van der Waals surface area (Å²) in [6, 6.07) is 6.75. The van der Waals surface area contributed by atoms with Crippen LogP contribution in [0.2, 0.25) is 5.02 Å². The average Bonchev–Trinajstić information content (AvgIpc) is 2.91. The van der Waals surface area contributed by atoms with Crippen molar-refractivity contribution in [2.24, 2.45) is 5.73 Å². The third kappa shape index (κ3) is 5.25. The van der Waals surface area contributed by atoms with E-state index in [1.54, 1.807) is 44.2 Å². The normalized spacial score (nSPS) is 11.5. The molecule has 2 rings (SSSR count). The lowest BCUT2D eigenvalue weighted by molar-refractivity contribution is -0.122. The summed E-state index contributed by atoms with van der Waals surface area (Å²) in [5.41, 5.74) is 10.8. The van der Waals surface area contributed by atoms with E-state index in [0.29, 0.717) is 27.7 Å². The molecule has 26 heavy (non-hydrogen) atoms. The first-order valence-electron chi connectivity index (χ1n) is 7.74. The van der Waals surface area contributed by atoms with E-state index < -0.39 is 23.9 Å². The maximum atomic E-state index is 12.1. The van der Waals surface area contributed by atoms with Crippen LogP contribution in [0.5, 0.6) is 0 Å². The van der Waals surface area contributed by atoms with Crippen LogP contribution in [0, 0.1) is 13.8 Å². The fourth-order valence-electron chi connectivity index (χ4n) is 2.41. The van der Waals surface area contributed by atoms with Gasteiger partial charge in [0.2, 0.25) is 5.91 Å². The van der Waals surface area contributed by atoms with E-state index in [4.69, 9.17) is 21.8 Å². The molecule has 138 valence electrons. The summed E-state index contributed by atoms with van der Waals surface area (Å²) in [5, 5.41) is 3.01. The van der Waals surface area contributed by atoms with Crippen LogP contribution in [0.3, 0.4) is 0 Å². The number of amides is 4. The molecule has 0 fully saturated rings. The molecule has 2 aromatic rings. The molecule has 0 unspecified atom stereocenters. The van der Waals surface area contributed by atoms with Crippen molar-refractivity contribution in [1.29, 1.82) is 0 Å². The minimum absolute atomic E-state index is 0.131. The topological polar surface area (TPSA) is 126 Å². The highest BCUT2D eigenvalue weighted by atomic mass is 35.5. The Bertz CT molecular complexity index is 817. The highest BCUT2D eigenvalue weighted by Crippen LogP contribution is 2.19. The maximum absolute atomic E-state index is 12.1. The minimum atomic E-state index is -0.772. The number of hydrazine groups is 1. The monoisotopic (exact) mass is 378 g/mol. The Morgan fingerprint density at radius 1 is 1.15 bits per heavy atom. The molecule has 0 saturated carbocycles. The van der Waals surface area contributed by atoms with Gasteiger partial charge in [-0.1, -0.05) is 23.7 Å². The molecule has 0 radical (unpaired) electrons. The zero-order valence-corrected chi connectivity index (χ0v) is 15.0. The fourth-order valence-corrected chi connectivity index (χ4v) is 2.53. The Labute approximate surface area is 155 Å². The molecular weight excluding hydrogens is 360 g/mol. The van der Waals surface area contributed by atoms with Gasteiger partial charge in [-0.15, -0.1) is 0 Å². The molecular formula is C17H19ClN4O4. The number of nitrogens with one attached hydrogen (secondary N) is 3. The second-order valence-corrected chi connectivity index (χ2v) is 6.08. The zero-order valence-electron chi connectivity index (χ0n) is 14.3. The first-order valence-corrected chi connectivity index (χ1v) is 8.11. The summed E-state index contributed by atoms with van der Waals surface area (Å²) in [6.07, 6.45) is -0.131. The number of urea groups is 1. The number of hydrogen-bond donors (Lipinski definition) is 4. The van der Waals surface area contributed by atoms with Crippen LogP contribution in [0.25, 0.3) is 0 Å². The summed E-state index contributed by atoms with van der Waals surface area (Å²) in [6.45, 7) is 3.37. The fraction of sp³-hybridized carbons (Fsp3) is 0.235. The Hall–Kier alpha value is -3.00. The second-order valence-electron chi connectivity index (χ2n) is 5.65. The van der Waals surface area contributed by atoms with Crippen molar-refractivity contribution in [1.82, 2.24) is 16.2 Å². The van der Waals surface area contributed by atoms with Crippen molar-refractivity contribution >= 4 is 29.4 Å². The van der Waals surface area contributed by atoms with Gasteiger partial charge in [0.25, 0.3) is 5.91 Å². The summed E-state index contributed by atoms with van der Waals surface area (Å²) >= 11 is 5.84. The van der Waals surface area contributed by atoms with Crippen LogP contribution in [0.1, 0.15) is 39.9 Å². The van der Waals surface area contributed by atoms with Gasteiger partial charge in [-0.3, -0.25) is 20.4 Å². The van der Waals surface area contributed by atoms with Gasteiger partial charge in [0.05, 0.1) is 18.0 Å². The number of rotatable bonds is 5. The average molecular weight is 379 g/mol. The first-order chi connectivity index (χ1) is 12.3. The second kappa shape index (κ2) is 8.39. The number of hydrogen-bond acceptors (Lipinski definition) is 4. The van der Waals surface area contributed by atoms with E-state index in [0.717, 1.165) is 0 Å². The standard InChI is InChI=1S/C17H19ClN4O4/c1-9-7-13(10(2)26-9)16(24)22-21-15(23)8-14(20-17(19)25)11-3-5-12(18)6-4-11/h3-7,14H,8H2,1-2H3,(H,21,23)(H,22,24)(H3,19,20,25)/t14-/m1/s1. The molecule has 0 aliphatic carbocycles. The van der Waals surface area contributed by atoms with Crippen LogP contribution in [0.4, 0.5) is 4.79 Å². The molecule has 8 nitrogen and oxygen atoms in total. The molecule has 5 N–H and O–H groups in total. The number of carbonyl (C=O) groups is 3. The van der Waals surface area contributed by atoms with Gasteiger partial charge in [0.15, 0.2) is 0 Å². The molecule has 0 aliphatic heterocycles. The molecule has 1 aromatic heterocycles. The molecule has 0 saturated heterocycles. The zero-order chi connectivity index (χ0) is 19.3. The summed E-state index contributed by atoms with van der Waals surface area (Å²) in [4.78, 5) is 35.4. The van der Waals surface area contributed by atoms with Crippen LogP contribution in [-0.4, -0.2) is 17.8 Å². The van der Waals surface area contributed by atoms with E-state index in [1.807, 2.05) is 0 Å². The molecule has 9 heteroatoms. The Balaban J connectivity index is 1.98. The van der Waals surface area contributed by atoms with Gasteiger partial charge < -0.3 is 15.5 Å². The van der Waals surface area contributed by atoms with E-state index in [-0.39, 0.29) is 6.42 Å². The Kier molecular flexibility index (Phi) is 6.24. The quantitative estimate of drug-likeness (QED) is 0.594. The molecule has 1 heterocycles. The van der Waals surface area contributed by atoms with Crippen LogP contribution >= 0.6 is 11.6 Å². The molecule has 1 aromatic carbocycles. The van der Waals surface area contributed by atoms with Crippen molar-refractivity contribution in [3.8, 4) is 0 Å². The van der Waals surface area contributed by atoms with Gasteiger partial charge >= 0.3 is 6.03 Å². The van der Waals surface area contributed by atoms with E-state index in [2.05, 4.69) is 16.2 Å². The Morgan fingerprint density at radius 3 is 2.35 bits per heavy atom. The van der Waals surface area contributed by atoms with Gasteiger partial charge in [-0.05, 0) is 37.6 Å². The van der Waals surface area contributed by atoms with Gasteiger partial charge in [-0.25, -0.2) is 4.79 Å². The third-order valence-electron chi connectivity index (χ3n) is 3.58. The summed E-state index contributed by atoms with van der Waals surface area (Å²) in [5.74, 6) is 0.0274. The smallest absolute Gasteiger partial charge is 0.312 e. The van der Waals surface area contributed by atoms with E-state index >= 15 is 0 Å². The lowest BCUT2D eigenvalue weighted by Gasteiger charge is -2.18. The van der Waals surface area contributed by atoms with Crippen molar-refractivity contribution in [2.45, 2.75) is 26.3 Å². The maximum Gasteiger partial charge on any atom is 0.312 e. The predicted octanol–water partition coefficient (Wildman–Crippen LogP) is 2.11. The van der Waals surface area contributed by atoms with Crippen LogP contribution in [0.15, 0.2) is 34.7 Å². The van der Waals surface area contributed by atoms with Crippen molar-refractivity contribution in [3.63, 3.8) is 0 Å². The van der Waals surface area contributed by atoms with Crippen LogP contribution in [-0.2, 0) is 4.79 Å². The highest BCUT2D eigenvalue weighted by Gasteiger charge is 2.19. The predicted molar refractivity (Wildman–Crippen MR) is 95.3 cm³/mol. The molecule has 4 amide bonds. The number of halogens is 1. The van der Waals surface area contributed by atoms with Gasteiger partial charge in [0, 0.05) is 5.02 Å². The number of benzene rings is 1. The number of primary amides is 1. The van der Waals surface area contributed by atoms with Crippen molar-refractivity contribution in [3.05, 3.63) is 58.0 Å².